The lowest BCUT2D eigenvalue weighted by Crippen LogP contribution is -2.21. The molecule has 0 radical (unpaired) electrons. The van der Waals surface area contributed by atoms with Gasteiger partial charge in [-0.1, -0.05) is 0 Å². The van der Waals surface area contributed by atoms with Crippen LogP contribution < -0.4 is 10.9 Å². The summed E-state index contributed by atoms with van der Waals surface area (Å²) in [5.74, 6) is -0.0785. The molecule has 1 aliphatic rings. The molecule has 3 heterocycles. The maximum Gasteiger partial charge on any atom is 0.409 e. The van der Waals surface area contributed by atoms with Crippen LogP contribution in [0.1, 0.15) is 16.2 Å². The lowest BCUT2D eigenvalue weighted by Gasteiger charge is -2.07. The summed E-state index contributed by atoms with van der Waals surface area (Å²) in [5.41, 5.74) is 1.32. The molecule has 0 saturated heterocycles. The van der Waals surface area contributed by atoms with Crippen molar-refractivity contribution in [3.63, 3.8) is 0 Å². The Morgan fingerprint density at radius 2 is 2.00 bits per heavy atom. The minimum atomic E-state index is -1.25. The van der Waals surface area contributed by atoms with Crippen LogP contribution in [0.5, 0.6) is 0 Å². The number of carboxylic acid groups (broad SMARTS) is 1. The maximum absolute atomic E-state index is 13.0. The van der Waals surface area contributed by atoms with Crippen molar-refractivity contribution in [2.24, 2.45) is 0 Å². The Morgan fingerprint density at radius 3 is 2.75 bits per heavy atom. The third-order valence-electron chi connectivity index (χ3n) is 4.41. The molecule has 0 fully saturated rings. The first-order valence-corrected chi connectivity index (χ1v) is 8.02. The summed E-state index contributed by atoms with van der Waals surface area (Å²) in [7, 11) is 0. The van der Waals surface area contributed by atoms with Crippen LogP contribution in [0.25, 0.3) is 28.0 Å². The molecule has 1 amide bonds. The van der Waals surface area contributed by atoms with Crippen LogP contribution >= 0.6 is 0 Å². The smallest absolute Gasteiger partial charge is 0.409 e. The average molecular weight is 375 g/mol. The molecule has 3 N–H and O–H groups in total. The average Bonchev–Trinajstić information content (AvgIpc) is 3.30. The number of carbonyl (C=O) groups is 2. The highest BCUT2D eigenvalue weighted by Crippen LogP contribution is 2.29. The van der Waals surface area contributed by atoms with Gasteiger partial charge in [0.2, 0.25) is 11.6 Å². The minimum absolute atomic E-state index is 0.00305. The number of carbonyl (C=O) groups excluding carboxylic acids is 1. The molecule has 136 valence electrons. The number of hydrogen-bond acceptors (Lipinski definition) is 7. The number of benzene rings is 2. The topological polar surface area (TPSA) is 156 Å². The second-order valence-corrected chi connectivity index (χ2v) is 6.03. The highest BCUT2D eigenvalue weighted by Gasteiger charge is 2.31. The molecule has 2 aromatic heterocycles. The predicted molar refractivity (Wildman–Crippen MR) is 95.6 cm³/mol. The molecule has 11 nitrogen and oxygen atoms in total. The number of hydrogen-bond donors (Lipinski definition) is 3. The SMILES string of the molecule is O=C(O)Nc1ccc2nc3n(c(=O)c2c1)-c1ccc(-c2nn[nH]n2)cc1C3=O. The van der Waals surface area contributed by atoms with Crippen molar-refractivity contribution < 1.29 is 14.7 Å². The molecule has 0 bridgehead atoms. The van der Waals surface area contributed by atoms with E-state index >= 15 is 0 Å². The van der Waals surface area contributed by atoms with Gasteiger partial charge in [-0.15, -0.1) is 10.2 Å². The van der Waals surface area contributed by atoms with E-state index in [1.165, 1.54) is 22.8 Å². The van der Waals surface area contributed by atoms with Crippen LogP contribution in [0.3, 0.4) is 0 Å². The minimum Gasteiger partial charge on any atom is -0.465 e. The van der Waals surface area contributed by atoms with Crippen molar-refractivity contribution in [2.45, 2.75) is 0 Å². The largest absolute Gasteiger partial charge is 0.465 e. The monoisotopic (exact) mass is 375 g/mol. The van der Waals surface area contributed by atoms with E-state index in [0.717, 1.165) is 0 Å². The van der Waals surface area contributed by atoms with Crippen LogP contribution in [0.15, 0.2) is 41.2 Å². The van der Waals surface area contributed by atoms with Gasteiger partial charge < -0.3 is 5.11 Å². The molecule has 0 saturated carbocycles. The number of H-pyrrole nitrogens is 1. The lowest BCUT2D eigenvalue weighted by molar-refractivity contribution is 0.103. The molecule has 4 aromatic rings. The summed E-state index contributed by atoms with van der Waals surface area (Å²) in [6, 6.07) is 9.22. The van der Waals surface area contributed by atoms with E-state index in [-0.39, 0.29) is 16.9 Å². The highest BCUT2D eigenvalue weighted by atomic mass is 16.4. The van der Waals surface area contributed by atoms with E-state index in [4.69, 9.17) is 5.11 Å². The van der Waals surface area contributed by atoms with E-state index in [1.54, 1.807) is 18.2 Å². The number of tetrazole rings is 1. The second kappa shape index (κ2) is 5.54. The fourth-order valence-electron chi connectivity index (χ4n) is 3.22. The molecule has 0 unspecified atom stereocenters. The highest BCUT2D eigenvalue weighted by molar-refractivity contribution is 6.14. The standard InChI is InChI=1S/C17H9N7O4/c25-13-10-5-7(14-20-22-23-21-14)1-4-12(10)24-15(13)19-11-3-2-8(18-17(27)28)6-9(11)16(24)26/h1-6,18H,(H,27,28)(H,20,21,22,23). The van der Waals surface area contributed by atoms with Gasteiger partial charge in [0.15, 0.2) is 5.82 Å². The van der Waals surface area contributed by atoms with Gasteiger partial charge in [0.1, 0.15) is 0 Å². The molecule has 5 rings (SSSR count). The summed E-state index contributed by atoms with van der Waals surface area (Å²) in [5, 5.41) is 24.9. The van der Waals surface area contributed by atoms with Gasteiger partial charge in [-0.25, -0.2) is 9.78 Å². The van der Waals surface area contributed by atoms with E-state index in [0.29, 0.717) is 28.2 Å². The van der Waals surface area contributed by atoms with Crippen LogP contribution in [-0.4, -0.2) is 47.2 Å². The Balaban J connectivity index is 1.72. The van der Waals surface area contributed by atoms with E-state index in [9.17, 15) is 14.4 Å². The number of aromatic amines is 1. The van der Waals surface area contributed by atoms with Gasteiger partial charge in [0.05, 0.1) is 22.2 Å². The Kier molecular flexibility index (Phi) is 3.13. The quantitative estimate of drug-likeness (QED) is 0.415. The Morgan fingerprint density at radius 1 is 1.14 bits per heavy atom. The molecule has 0 aliphatic carbocycles. The first-order chi connectivity index (χ1) is 13.5. The van der Waals surface area contributed by atoms with Crippen molar-refractivity contribution in [1.82, 2.24) is 30.2 Å². The van der Waals surface area contributed by atoms with Crippen molar-refractivity contribution in [3.05, 3.63) is 58.1 Å². The van der Waals surface area contributed by atoms with Gasteiger partial charge in [-0.2, -0.15) is 5.21 Å². The third kappa shape index (κ3) is 2.19. The van der Waals surface area contributed by atoms with E-state index in [2.05, 4.69) is 30.9 Å². The van der Waals surface area contributed by atoms with Gasteiger partial charge in [0, 0.05) is 11.3 Å². The number of fused-ring (bicyclic) bond motifs is 4. The van der Waals surface area contributed by atoms with Gasteiger partial charge in [-0.3, -0.25) is 19.5 Å². The fourth-order valence-corrected chi connectivity index (χ4v) is 3.22. The van der Waals surface area contributed by atoms with Gasteiger partial charge in [0.25, 0.3) is 5.56 Å². The number of rotatable bonds is 2. The number of anilines is 1. The molecule has 11 heteroatoms. The van der Waals surface area contributed by atoms with Gasteiger partial charge >= 0.3 is 6.09 Å². The number of nitrogens with zero attached hydrogens (tertiary/aromatic N) is 5. The Hall–Kier alpha value is -4.41. The molecular formula is C17H9N7O4. The molecule has 1 aliphatic heterocycles. The summed E-state index contributed by atoms with van der Waals surface area (Å²) in [4.78, 5) is 41.0. The lowest BCUT2D eigenvalue weighted by atomic mass is 10.1. The number of aromatic nitrogens is 6. The van der Waals surface area contributed by atoms with Crippen molar-refractivity contribution in [2.75, 3.05) is 5.32 Å². The first kappa shape index (κ1) is 15.8. The Bertz CT molecular complexity index is 1360. The van der Waals surface area contributed by atoms with Crippen molar-refractivity contribution >= 4 is 28.5 Å². The van der Waals surface area contributed by atoms with E-state index in [1.807, 2.05) is 0 Å². The summed E-state index contributed by atoms with van der Waals surface area (Å²) in [6.45, 7) is 0. The fraction of sp³-hybridized carbons (Fsp3) is 0. The summed E-state index contributed by atoms with van der Waals surface area (Å²) < 4.78 is 1.23. The molecule has 0 spiro atoms. The zero-order valence-corrected chi connectivity index (χ0v) is 13.9. The third-order valence-corrected chi connectivity index (χ3v) is 4.41. The molecule has 28 heavy (non-hydrogen) atoms. The normalized spacial score (nSPS) is 12.1. The van der Waals surface area contributed by atoms with Crippen LogP contribution in [-0.2, 0) is 0 Å². The summed E-state index contributed by atoms with van der Waals surface area (Å²) in [6.07, 6.45) is -1.25. The zero-order valence-electron chi connectivity index (χ0n) is 13.9. The first-order valence-electron chi connectivity index (χ1n) is 8.02. The van der Waals surface area contributed by atoms with Crippen molar-refractivity contribution in [1.29, 1.82) is 0 Å². The molecule has 0 atom stereocenters. The van der Waals surface area contributed by atoms with Crippen LogP contribution in [0.4, 0.5) is 10.5 Å². The van der Waals surface area contributed by atoms with Crippen LogP contribution in [0.2, 0.25) is 0 Å². The summed E-state index contributed by atoms with van der Waals surface area (Å²) >= 11 is 0. The maximum atomic E-state index is 13.0. The molecule has 2 aromatic carbocycles. The van der Waals surface area contributed by atoms with Crippen molar-refractivity contribution in [3.8, 4) is 17.1 Å². The molecular weight excluding hydrogens is 366 g/mol. The number of ketones is 1. The van der Waals surface area contributed by atoms with Crippen LogP contribution in [0, 0.1) is 0 Å². The number of amides is 1. The predicted octanol–water partition coefficient (Wildman–Crippen LogP) is 1.20. The Labute approximate surface area is 154 Å². The van der Waals surface area contributed by atoms with E-state index < -0.39 is 17.4 Å². The number of nitrogens with one attached hydrogen (secondary N) is 2. The van der Waals surface area contributed by atoms with Gasteiger partial charge in [-0.05, 0) is 41.6 Å². The second-order valence-electron chi connectivity index (χ2n) is 6.03. The zero-order chi connectivity index (χ0) is 19.4.